The average molecular weight is 299 g/mol. The van der Waals surface area contributed by atoms with Crippen LogP contribution in [-0.4, -0.2) is 36.2 Å². The van der Waals surface area contributed by atoms with Crippen LogP contribution in [0.25, 0.3) is 11.2 Å². The first kappa shape index (κ1) is 13.3. The summed E-state index contributed by atoms with van der Waals surface area (Å²) < 4.78 is 4.29. The van der Waals surface area contributed by atoms with E-state index in [4.69, 9.17) is 16.6 Å². The van der Waals surface area contributed by atoms with E-state index in [1.165, 1.54) is 18.6 Å². The molecule has 3 rings (SSSR count). The Labute approximate surface area is 122 Å². The van der Waals surface area contributed by atoms with E-state index in [0.29, 0.717) is 11.1 Å². The van der Waals surface area contributed by atoms with Crippen LogP contribution in [0.3, 0.4) is 0 Å². The quantitative estimate of drug-likeness (QED) is 0.814. The maximum Gasteiger partial charge on any atom is 0.158 e. The number of nitrogens with zero attached hydrogens (tertiary/aromatic N) is 4. The molecular weight excluding hydrogens is 280 g/mol. The van der Waals surface area contributed by atoms with Gasteiger partial charge in [-0.25, -0.2) is 4.98 Å². The van der Waals surface area contributed by atoms with Gasteiger partial charge in [0.05, 0.1) is 5.69 Å². The minimum absolute atomic E-state index is 0.619. The summed E-state index contributed by atoms with van der Waals surface area (Å²) in [6.45, 7) is 3.06. The largest absolute Gasteiger partial charge is 0.312 e. The van der Waals surface area contributed by atoms with Gasteiger partial charge in [-0.2, -0.15) is 16.9 Å². The Balaban J connectivity index is 2.04. The number of fused-ring (bicyclic) bond motifs is 1. The van der Waals surface area contributed by atoms with Gasteiger partial charge in [0, 0.05) is 31.1 Å². The van der Waals surface area contributed by atoms with Gasteiger partial charge in [-0.05, 0) is 25.5 Å². The summed E-state index contributed by atoms with van der Waals surface area (Å²) in [5, 5.41) is 5.19. The zero-order valence-electron chi connectivity index (χ0n) is 11.4. The molecule has 0 aliphatic carbocycles. The highest BCUT2D eigenvalue weighted by molar-refractivity contribution is 8.00. The van der Waals surface area contributed by atoms with E-state index in [1.807, 2.05) is 18.7 Å². The van der Waals surface area contributed by atoms with Gasteiger partial charge in [0.15, 0.2) is 5.65 Å². The molecule has 1 atom stereocenters. The summed E-state index contributed by atoms with van der Waals surface area (Å²) in [7, 11) is 2.00. The van der Waals surface area contributed by atoms with Crippen LogP contribution in [0.5, 0.6) is 0 Å². The first-order valence-corrected chi connectivity index (χ1v) is 8.35. The number of aryl methyl sites for hydroxylation is 3. The minimum Gasteiger partial charge on any atom is -0.312 e. The third-order valence-electron chi connectivity index (χ3n) is 3.70. The third-order valence-corrected chi connectivity index (χ3v) is 5.27. The second-order valence-electron chi connectivity index (χ2n) is 5.09. The van der Waals surface area contributed by atoms with Gasteiger partial charge in [0.2, 0.25) is 0 Å². The molecule has 1 fully saturated rings. The van der Waals surface area contributed by atoms with Crippen LogP contribution in [0.2, 0.25) is 0 Å². The van der Waals surface area contributed by atoms with Crippen molar-refractivity contribution in [2.24, 2.45) is 7.05 Å². The van der Waals surface area contributed by atoms with Gasteiger partial charge in [-0.1, -0.05) is 0 Å². The number of imidazole rings is 1. The summed E-state index contributed by atoms with van der Waals surface area (Å²) in [5.74, 6) is 3.01. The topological polar surface area (TPSA) is 35.6 Å². The number of rotatable bonds is 4. The summed E-state index contributed by atoms with van der Waals surface area (Å²) in [5.41, 5.74) is 3.18. The second kappa shape index (κ2) is 5.37. The molecule has 4 nitrogen and oxygen atoms in total. The van der Waals surface area contributed by atoms with Crippen molar-refractivity contribution in [1.29, 1.82) is 0 Å². The van der Waals surface area contributed by atoms with Crippen molar-refractivity contribution in [2.75, 3.05) is 11.6 Å². The molecule has 19 heavy (non-hydrogen) atoms. The number of aromatic nitrogens is 4. The van der Waals surface area contributed by atoms with Crippen molar-refractivity contribution in [3.05, 3.63) is 11.5 Å². The number of thioether (sulfide) groups is 1. The van der Waals surface area contributed by atoms with E-state index in [-0.39, 0.29) is 0 Å². The normalized spacial score (nSPS) is 19.6. The molecule has 0 saturated carbocycles. The van der Waals surface area contributed by atoms with Crippen LogP contribution in [0.1, 0.15) is 24.4 Å². The molecule has 0 aromatic carbocycles. The first-order valence-electron chi connectivity index (χ1n) is 6.77. The Morgan fingerprint density at radius 1 is 1.47 bits per heavy atom. The monoisotopic (exact) mass is 298 g/mol. The zero-order chi connectivity index (χ0) is 13.4. The van der Waals surface area contributed by atoms with Crippen molar-refractivity contribution < 1.29 is 0 Å². The number of hydrogen-bond acceptors (Lipinski definition) is 3. The summed E-state index contributed by atoms with van der Waals surface area (Å²) in [6, 6.07) is 0. The molecule has 0 N–H and O–H groups in total. The van der Waals surface area contributed by atoms with Crippen LogP contribution in [0, 0.1) is 6.92 Å². The molecule has 0 radical (unpaired) electrons. The highest BCUT2D eigenvalue weighted by atomic mass is 35.5. The zero-order valence-corrected chi connectivity index (χ0v) is 13.0. The Bertz CT molecular complexity index is 583. The smallest absolute Gasteiger partial charge is 0.158 e. The van der Waals surface area contributed by atoms with E-state index in [2.05, 4.69) is 21.4 Å². The Morgan fingerprint density at radius 2 is 2.32 bits per heavy atom. The van der Waals surface area contributed by atoms with Gasteiger partial charge in [0.1, 0.15) is 11.3 Å². The highest BCUT2D eigenvalue weighted by Crippen LogP contribution is 2.29. The molecular formula is C13H19ClN4S. The van der Waals surface area contributed by atoms with E-state index in [9.17, 15) is 0 Å². The summed E-state index contributed by atoms with van der Waals surface area (Å²) in [6.07, 6.45) is 3.47. The fourth-order valence-corrected chi connectivity index (χ4v) is 4.26. The highest BCUT2D eigenvalue weighted by Gasteiger charge is 2.22. The SMILES string of the molecule is Cc1nn(C)c2c1nc(CCCl)n2CC1CCCS1. The molecule has 2 aromatic heterocycles. The first-order chi connectivity index (χ1) is 9.20. The van der Waals surface area contributed by atoms with E-state index >= 15 is 0 Å². The van der Waals surface area contributed by atoms with E-state index < -0.39 is 0 Å². The van der Waals surface area contributed by atoms with Crippen molar-refractivity contribution in [1.82, 2.24) is 19.3 Å². The van der Waals surface area contributed by atoms with Crippen LogP contribution >= 0.6 is 23.4 Å². The van der Waals surface area contributed by atoms with Gasteiger partial charge in [-0.15, -0.1) is 11.6 Å². The number of hydrogen-bond donors (Lipinski definition) is 0. The number of alkyl halides is 1. The lowest BCUT2D eigenvalue weighted by Gasteiger charge is -2.13. The minimum atomic E-state index is 0.619. The standard InChI is InChI=1S/C13H19ClN4S/c1-9-12-13(17(2)16-9)18(11(15-12)5-6-14)8-10-4-3-7-19-10/h10H,3-8H2,1-2H3. The molecule has 0 amide bonds. The van der Waals surface area contributed by atoms with Crippen molar-refractivity contribution in [2.45, 2.75) is 38.0 Å². The summed E-state index contributed by atoms with van der Waals surface area (Å²) in [4.78, 5) is 4.75. The van der Waals surface area contributed by atoms with Crippen LogP contribution in [0.4, 0.5) is 0 Å². The maximum atomic E-state index is 5.92. The molecule has 1 saturated heterocycles. The van der Waals surface area contributed by atoms with Gasteiger partial charge >= 0.3 is 0 Å². The molecule has 3 heterocycles. The van der Waals surface area contributed by atoms with Crippen molar-refractivity contribution >= 4 is 34.5 Å². The van der Waals surface area contributed by atoms with Crippen LogP contribution in [-0.2, 0) is 20.0 Å². The molecule has 1 aliphatic heterocycles. The Kier molecular flexibility index (Phi) is 3.76. The maximum absolute atomic E-state index is 5.92. The Morgan fingerprint density at radius 3 is 3.00 bits per heavy atom. The molecule has 1 unspecified atom stereocenters. The van der Waals surface area contributed by atoms with Crippen LogP contribution < -0.4 is 0 Å². The summed E-state index contributed by atoms with van der Waals surface area (Å²) >= 11 is 8.00. The van der Waals surface area contributed by atoms with E-state index in [0.717, 1.165) is 35.6 Å². The van der Waals surface area contributed by atoms with Gasteiger partial charge in [-0.3, -0.25) is 4.68 Å². The molecule has 6 heteroatoms. The lowest BCUT2D eigenvalue weighted by molar-refractivity contribution is 0.607. The molecule has 0 spiro atoms. The molecule has 2 aromatic rings. The molecule has 0 bridgehead atoms. The number of halogens is 1. The van der Waals surface area contributed by atoms with E-state index in [1.54, 1.807) is 0 Å². The lowest BCUT2D eigenvalue weighted by Crippen LogP contribution is -2.15. The predicted molar refractivity (Wildman–Crippen MR) is 81.1 cm³/mol. The second-order valence-corrected chi connectivity index (χ2v) is 6.88. The fraction of sp³-hybridized carbons (Fsp3) is 0.692. The van der Waals surface area contributed by atoms with Gasteiger partial charge < -0.3 is 4.57 Å². The van der Waals surface area contributed by atoms with Gasteiger partial charge in [0.25, 0.3) is 0 Å². The predicted octanol–water partition coefficient (Wildman–Crippen LogP) is 2.76. The van der Waals surface area contributed by atoms with Crippen LogP contribution in [0.15, 0.2) is 0 Å². The van der Waals surface area contributed by atoms with Crippen molar-refractivity contribution in [3.63, 3.8) is 0 Å². The Hall–Kier alpha value is -0.680. The fourth-order valence-electron chi connectivity index (χ4n) is 2.84. The lowest BCUT2D eigenvalue weighted by atomic mass is 10.2. The third kappa shape index (κ3) is 2.38. The molecule has 104 valence electrons. The molecule has 1 aliphatic rings. The van der Waals surface area contributed by atoms with Crippen molar-refractivity contribution in [3.8, 4) is 0 Å². The average Bonchev–Trinajstić information content (AvgIpc) is 3.04.